The summed E-state index contributed by atoms with van der Waals surface area (Å²) in [6.07, 6.45) is 0.538. The molecule has 1 aromatic carbocycles. The summed E-state index contributed by atoms with van der Waals surface area (Å²) in [6, 6.07) is 7.38. The molecular weight excluding hydrogens is 308 g/mol. The minimum atomic E-state index is -0.319. The summed E-state index contributed by atoms with van der Waals surface area (Å²) in [7, 11) is 1.57. The van der Waals surface area contributed by atoms with E-state index in [1.165, 1.54) is 0 Å². The Balaban J connectivity index is 1.98. The van der Waals surface area contributed by atoms with E-state index in [0.717, 1.165) is 24.5 Å². The molecule has 1 aliphatic heterocycles. The maximum absolute atomic E-state index is 12.0. The van der Waals surface area contributed by atoms with Crippen LogP contribution in [0.3, 0.4) is 0 Å². The maximum Gasteiger partial charge on any atom is 0.319 e. The first-order chi connectivity index (χ1) is 11.5. The van der Waals surface area contributed by atoms with E-state index in [9.17, 15) is 9.59 Å². The SMILES string of the molecule is CNC(=O)CCNC(=O)Nc1ccccc1N1CC(C)OC(C)C1. The predicted octanol–water partition coefficient (Wildman–Crippen LogP) is 1.56. The van der Waals surface area contributed by atoms with E-state index < -0.39 is 0 Å². The summed E-state index contributed by atoms with van der Waals surface area (Å²) >= 11 is 0. The van der Waals surface area contributed by atoms with Gasteiger partial charge in [-0.1, -0.05) is 12.1 Å². The minimum Gasteiger partial charge on any atom is -0.372 e. The van der Waals surface area contributed by atoms with Crippen LogP contribution in [0.2, 0.25) is 0 Å². The number of carbonyl (C=O) groups is 2. The maximum atomic E-state index is 12.0. The summed E-state index contributed by atoms with van der Waals surface area (Å²) in [5, 5.41) is 8.07. The Bertz CT molecular complexity index is 569. The molecule has 7 nitrogen and oxygen atoms in total. The third-order valence-electron chi connectivity index (χ3n) is 3.83. The molecule has 24 heavy (non-hydrogen) atoms. The lowest BCUT2D eigenvalue weighted by molar-refractivity contribution is -0.120. The fraction of sp³-hybridized carbons (Fsp3) is 0.529. The molecule has 2 rings (SSSR count). The Kier molecular flexibility index (Phi) is 6.43. The van der Waals surface area contributed by atoms with Gasteiger partial charge in [-0.25, -0.2) is 4.79 Å². The van der Waals surface area contributed by atoms with Crippen LogP contribution in [0.5, 0.6) is 0 Å². The third kappa shape index (κ3) is 5.13. The molecule has 1 fully saturated rings. The van der Waals surface area contributed by atoms with E-state index in [4.69, 9.17) is 4.74 Å². The zero-order valence-corrected chi connectivity index (χ0v) is 14.5. The first-order valence-corrected chi connectivity index (χ1v) is 8.24. The number of hydrogen-bond donors (Lipinski definition) is 3. The van der Waals surface area contributed by atoms with Crippen LogP contribution in [0.15, 0.2) is 24.3 Å². The average molecular weight is 334 g/mol. The zero-order chi connectivity index (χ0) is 17.5. The molecule has 132 valence electrons. The molecule has 1 aliphatic rings. The van der Waals surface area contributed by atoms with Crippen molar-refractivity contribution >= 4 is 23.3 Å². The van der Waals surface area contributed by atoms with Crippen LogP contribution in [0, 0.1) is 0 Å². The molecule has 0 aliphatic carbocycles. The smallest absolute Gasteiger partial charge is 0.319 e. The molecule has 3 N–H and O–H groups in total. The van der Waals surface area contributed by atoms with Crippen molar-refractivity contribution in [1.82, 2.24) is 10.6 Å². The second-order valence-corrected chi connectivity index (χ2v) is 5.98. The van der Waals surface area contributed by atoms with Gasteiger partial charge in [0.1, 0.15) is 0 Å². The van der Waals surface area contributed by atoms with E-state index in [-0.39, 0.29) is 30.6 Å². The number of benzene rings is 1. The summed E-state index contributed by atoms with van der Waals surface area (Å²) < 4.78 is 5.77. The highest BCUT2D eigenvalue weighted by atomic mass is 16.5. The third-order valence-corrected chi connectivity index (χ3v) is 3.83. The van der Waals surface area contributed by atoms with Crippen LogP contribution in [0.4, 0.5) is 16.2 Å². The number of ether oxygens (including phenoxy) is 1. The van der Waals surface area contributed by atoms with E-state index >= 15 is 0 Å². The van der Waals surface area contributed by atoms with Crippen LogP contribution in [-0.4, -0.2) is 50.8 Å². The quantitative estimate of drug-likeness (QED) is 0.763. The molecule has 1 saturated heterocycles. The molecule has 3 amide bonds. The number of morpholine rings is 1. The summed E-state index contributed by atoms with van der Waals surface area (Å²) in [5.41, 5.74) is 1.72. The molecular formula is C17H26N4O3. The van der Waals surface area contributed by atoms with Crippen molar-refractivity contribution in [3.8, 4) is 0 Å². The molecule has 0 spiro atoms. The first-order valence-electron chi connectivity index (χ1n) is 8.24. The van der Waals surface area contributed by atoms with Gasteiger partial charge in [0.15, 0.2) is 0 Å². The zero-order valence-electron chi connectivity index (χ0n) is 14.5. The van der Waals surface area contributed by atoms with Crippen molar-refractivity contribution in [1.29, 1.82) is 0 Å². The standard InChI is InChI=1S/C17H26N4O3/c1-12-10-21(11-13(2)24-12)15-7-5-4-6-14(15)20-17(23)19-9-8-16(22)18-3/h4-7,12-13H,8-11H2,1-3H3,(H,18,22)(H2,19,20,23). The summed E-state index contributed by atoms with van der Waals surface area (Å²) in [6.45, 7) is 5.94. The van der Waals surface area contributed by atoms with Crippen molar-refractivity contribution in [2.24, 2.45) is 0 Å². The van der Waals surface area contributed by atoms with E-state index in [1.807, 2.05) is 38.1 Å². The predicted molar refractivity (Wildman–Crippen MR) is 94.4 cm³/mol. The van der Waals surface area contributed by atoms with E-state index in [2.05, 4.69) is 20.9 Å². The van der Waals surface area contributed by atoms with Crippen molar-refractivity contribution in [2.45, 2.75) is 32.5 Å². The van der Waals surface area contributed by atoms with Crippen molar-refractivity contribution < 1.29 is 14.3 Å². The number of amides is 3. The van der Waals surface area contributed by atoms with Gasteiger partial charge in [0.25, 0.3) is 0 Å². The number of rotatable bonds is 5. The van der Waals surface area contributed by atoms with Crippen molar-refractivity contribution in [3.05, 3.63) is 24.3 Å². The van der Waals surface area contributed by atoms with Gasteiger partial charge < -0.3 is 25.6 Å². The number of hydrogen-bond acceptors (Lipinski definition) is 4. The lowest BCUT2D eigenvalue weighted by Gasteiger charge is -2.37. The van der Waals surface area contributed by atoms with Gasteiger partial charge in [0.2, 0.25) is 5.91 Å². The van der Waals surface area contributed by atoms with Crippen molar-refractivity contribution in [2.75, 3.05) is 36.9 Å². The molecule has 1 aromatic rings. The van der Waals surface area contributed by atoms with E-state index in [1.54, 1.807) is 7.05 Å². The Morgan fingerprint density at radius 2 is 1.88 bits per heavy atom. The number of para-hydroxylation sites is 2. The molecule has 0 aromatic heterocycles. The van der Waals surface area contributed by atoms with Gasteiger partial charge in [0.05, 0.1) is 23.6 Å². The van der Waals surface area contributed by atoms with Gasteiger partial charge in [-0.05, 0) is 26.0 Å². The molecule has 2 atom stereocenters. The Morgan fingerprint density at radius 1 is 1.21 bits per heavy atom. The fourth-order valence-corrected chi connectivity index (χ4v) is 2.81. The largest absolute Gasteiger partial charge is 0.372 e. The summed E-state index contributed by atoms with van der Waals surface area (Å²) in [4.78, 5) is 25.4. The average Bonchev–Trinajstić information content (AvgIpc) is 2.54. The number of carbonyl (C=O) groups excluding carboxylic acids is 2. The lowest BCUT2D eigenvalue weighted by Crippen LogP contribution is -2.45. The highest BCUT2D eigenvalue weighted by molar-refractivity contribution is 5.93. The highest BCUT2D eigenvalue weighted by Crippen LogP contribution is 2.28. The second-order valence-electron chi connectivity index (χ2n) is 5.98. The summed E-state index contributed by atoms with van der Waals surface area (Å²) in [5.74, 6) is -0.105. The Labute approximate surface area is 142 Å². The molecule has 1 heterocycles. The van der Waals surface area contributed by atoms with Crippen LogP contribution in [-0.2, 0) is 9.53 Å². The van der Waals surface area contributed by atoms with Crippen molar-refractivity contribution in [3.63, 3.8) is 0 Å². The number of urea groups is 1. The Morgan fingerprint density at radius 3 is 2.54 bits per heavy atom. The Hall–Kier alpha value is -2.28. The van der Waals surface area contributed by atoms with E-state index in [0.29, 0.717) is 6.54 Å². The molecule has 0 bridgehead atoms. The second kappa shape index (κ2) is 8.54. The number of nitrogens with one attached hydrogen (secondary N) is 3. The fourth-order valence-electron chi connectivity index (χ4n) is 2.81. The lowest BCUT2D eigenvalue weighted by atomic mass is 10.1. The van der Waals surface area contributed by atoms with Gasteiger partial charge in [0, 0.05) is 33.1 Å². The van der Waals surface area contributed by atoms with Crippen LogP contribution < -0.4 is 20.9 Å². The molecule has 2 unspecified atom stereocenters. The first kappa shape index (κ1) is 18.1. The normalized spacial score (nSPS) is 20.4. The van der Waals surface area contributed by atoms with Gasteiger partial charge >= 0.3 is 6.03 Å². The number of nitrogens with zero attached hydrogens (tertiary/aromatic N) is 1. The van der Waals surface area contributed by atoms with Gasteiger partial charge in [-0.3, -0.25) is 4.79 Å². The van der Waals surface area contributed by atoms with Gasteiger partial charge in [-0.2, -0.15) is 0 Å². The van der Waals surface area contributed by atoms with Gasteiger partial charge in [-0.15, -0.1) is 0 Å². The highest BCUT2D eigenvalue weighted by Gasteiger charge is 2.24. The number of anilines is 2. The van der Waals surface area contributed by atoms with Crippen LogP contribution in [0.25, 0.3) is 0 Å². The van der Waals surface area contributed by atoms with Crippen LogP contribution >= 0.6 is 0 Å². The molecule has 0 radical (unpaired) electrons. The molecule has 7 heteroatoms. The topological polar surface area (TPSA) is 82.7 Å². The minimum absolute atomic E-state index is 0.105. The molecule has 0 saturated carbocycles. The van der Waals surface area contributed by atoms with Crippen LogP contribution in [0.1, 0.15) is 20.3 Å². The monoisotopic (exact) mass is 334 g/mol.